The summed E-state index contributed by atoms with van der Waals surface area (Å²) in [7, 11) is 1.91. The predicted octanol–water partition coefficient (Wildman–Crippen LogP) is 3.75. The molecule has 0 heterocycles. The molecule has 102 valence electrons. The van der Waals surface area contributed by atoms with Gasteiger partial charge in [-0.2, -0.15) is 0 Å². The quantitative estimate of drug-likeness (QED) is 0.864. The van der Waals surface area contributed by atoms with Crippen molar-refractivity contribution >= 4 is 5.69 Å². The van der Waals surface area contributed by atoms with Crippen LogP contribution < -0.4 is 4.90 Å². The molecule has 0 aromatic heterocycles. The molecule has 0 radical (unpaired) electrons. The fraction of sp³-hybridized carbons (Fsp3) is 0.600. The number of benzene rings is 1. The SMILES string of the molecule is CC(C)CC(C)N(C)c1ccc(C(C)O)cc1F. The average molecular weight is 253 g/mol. The minimum atomic E-state index is -0.632. The number of rotatable bonds is 5. The Balaban J connectivity index is 2.89. The van der Waals surface area contributed by atoms with Crippen molar-refractivity contribution in [3.63, 3.8) is 0 Å². The monoisotopic (exact) mass is 253 g/mol. The van der Waals surface area contributed by atoms with Crippen LogP contribution in [0.1, 0.15) is 45.8 Å². The second-order valence-electron chi connectivity index (χ2n) is 5.48. The van der Waals surface area contributed by atoms with E-state index in [4.69, 9.17) is 0 Å². The summed E-state index contributed by atoms with van der Waals surface area (Å²) in [5.41, 5.74) is 1.20. The first-order valence-corrected chi connectivity index (χ1v) is 6.53. The van der Waals surface area contributed by atoms with Crippen LogP contribution in [0.4, 0.5) is 10.1 Å². The number of anilines is 1. The molecule has 0 aliphatic rings. The van der Waals surface area contributed by atoms with Crippen LogP contribution in [0.25, 0.3) is 0 Å². The highest BCUT2D eigenvalue weighted by Gasteiger charge is 2.16. The van der Waals surface area contributed by atoms with Crippen LogP contribution in [-0.2, 0) is 0 Å². The van der Waals surface area contributed by atoms with Gasteiger partial charge in [0.25, 0.3) is 0 Å². The molecule has 0 aliphatic heterocycles. The molecule has 0 fully saturated rings. The number of halogens is 1. The fourth-order valence-corrected chi connectivity index (χ4v) is 2.15. The zero-order valence-electron chi connectivity index (χ0n) is 11.9. The van der Waals surface area contributed by atoms with E-state index in [1.54, 1.807) is 19.1 Å². The van der Waals surface area contributed by atoms with E-state index in [0.29, 0.717) is 17.2 Å². The molecule has 3 heteroatoms. The molecule has 0 aliphatic carbocycles. The summed E-state index contributed by atoms with van der Waals surface area (Å²) in [6.45, 7) is 8.07. The molecule has 0 saturated carbocycles. The Kier molecular flexibility index (Phi) is 5.15. The predicted molar refractivity (Wildman–Crippen MR) is 74.4 cm³/mol. The highest BCUT2D eigenvalue weighted by molar-refractivity contribution is 5.49. The van der Waals surface area contributed by atoms with Gasteiger partial charge in [0.2, 0.25) is 0 Å². The number of hydrogen-bond donors (Lipinski definition) is 1. The Hall–Kier alpha value is -1.09. The van der Waals surface area contributed by atoms with Gasteiger partial charge in [-0.25, -0.2) is 4.39 Å². The molecular formula is C15H24FNO. The second-order valence-corrected chi connectivity index (χ2v) is 5.48. The van der Waals surface area contributed by atoms with Crippen molar-refractivity contribution in [2.24, 2.45) is 5.92 Å². The van der Waals surface area contributed by atoms with Crippen LogP contribution in [0, 0.1) is 11.7 Å². The third-order valence-corrected chi connectivity index (χ3v) is 3.31. The molecular weight excluding hydrogens is 229 g/mol. The highest BCUT2D eigenvalue weighted by atomic mass is 19.1. The second kappa shape index (κ2) is 6.19. The van der Waals surface area contributed by atoms with Crippen LogP contribution in [0.5, 0.6) is 0 Å². The van der Waals surface area contributed by atoms with E-state index in [0.717, 1.165) is 6.42 Å². The molecule has 0 amide bonds. The maximum Gasteiger partial charge on any atom is 0.146 e. The van der Waals surface area contributed by atoms with Gasteiger partial charge in [-0.05, 0) is 43.9 Å². The lowest BCUT2D eigenvalue weighted by atomic mass is 10.0. The van der Waals surface area contributed by atoms with Gasteiger partial charge in [-0.1, -0.05) is 19.9 Å². The van der Waals surface area contributed by atoms with E-state index in [-0.39, 0.29) is 11.9 Å². The summed E-state index contributed by atoms with van der Waals surface area (Å²) in [6.07, 6.45) is 0.389. The lowest BCUT2D eigenvalue weighted by Gasteiger charge is -2.29. The van der Waals surface area contributed by atoms with Crippen molar-refractivity contribution < 1.29 is 9.50 Å². The van der Waals surface area contributed by atoms with Gasteiger partial charge in [0, 0.05) is 13.1 Å². The topological polar surface area (TPSA) is 23.5 Å². The van der Waals surface area contributed by atoms with Crippen molar-refractivity contribution in [1.29, 1.82) is 0 Å². The summed E-state index contributed by atoms with van der Waals surface area (Å²) in [5, 5.41) is 9.43. The molecule has 2 nitrogen and oxygen atoms in total. The Morgan fingerprint density at radius 2 is 1.83 bits per heavy atom. The van der Waals surface area contributed by atoms with E-state index in [2.05, 4.69) is 20.8 Å². The molecule has 0 saturated heterocycles. The molecule has 2 atom stereocenters. The normalized spacial score (nSPS) is 14.7. The molecule has 2 unspecified atom stereocenters. The van der Waals surface area contributed by atoms with Crippen LogP contribution in [0.15, 0.2) is 18.2 Å². The summed E-state index contributed by atoms with van der Waals surface area (Å²) in [4.78, 5) is 1.96. The van der Waals surface area contributed by atoms with Gasteiger partial charge < -0.3 is 10.0 Å². The molecule has 0 spiro atoms. The maximum atomic E-state index is 14.0. The molecule has 1 N–H and O–H groups in total. The van der Waals surface area contributed by atoms with Crippen molar-refractivity contribution in [2.75, 3.05) is 11.9 Å². The first kappa shape index (κ1) is 15.0. The molecule has 18 heavy (non-hydrogen) atoms. The smallest absolute Gasteiger partial charge is 0.146 e. The van der Waals surface area contributed by atoms with Crippen LogP contribution in [-0.4, -0.2) is 18.2 Å². The van der Waals surface area contributed by atoms with Crippen LogP contribution >= 0.6 is 0 Å². The van der Waals surface area contributed by atoms with Gasteiger partial charge >= 0.3 is 0 Å². The molecule has 1 aromatic rings. The Bertz CT molecular complexity index is 390. The molecule has 1 aromatic carbocycles. The first-order chi connectivity index (χ1) is 8.32. The molecule has 1 rings (SSSR count). The lowest BCUT2D eigenvalue weighted by molar-refractivity contribution is 0.199. The summed E-state index contributed by atoms with van der Waals surface area (Å²) in [6, 6.07) is 5.23. The van der Waals surface area contributed by atoms with Gasteiger partial charge in [0.15, 0.2) is 0 Å². The standard InChI is InChI=1S/C15H24FNO/c1-10(2)8-11(3)17(5)15-7-6-13(12(4)18)9-14(15)16/h6-7,9-12,18H,8H2,1-5H3. The van der Waals surface area contributed by atoms with Crippen LogP contribution in [0.3, 0.4) is 0 Å². The minimum absolute atomic E-state index is 0.272. The summed E-state index contributed by atoms with van der Waals surface area (Å²) in [5.74, 6) is 0.314. The van der Waals surface area contributed by atoms with Crippen molar-refractivity contribution in [1.82, 2.24) is 0 Å². The number of aliphatic hydroxyl groups excluding tert-OH is 1. The van der Waals surface area contributed by atoms with E-state index in [1.165, 1.54) is 6.07 Å². The third-order valence-electron chi connectivity index (χ3n) is 3.31. The van der Waals surface area contributed by atoms with E-state index >= 15 is 0 Å². The van der Waals surface area contributed by atoms with E-state index in [1.807, 2.05) is 11.9 Å². The Labute approximate surface area is 109 Å². The zero-order valence-corrected chi connectivity index (χ0v) is 11.9. The van der Waals surface area contributed by atoms with Crippen molar-refractivity contribution in [3.8, 4) is 0 Å². The van der Waals surface area contributed by atoms with E-state index in [9.17, 15) is 9.50 Å². The third kappa shape index (κ3) is 3.70. The van der Waals surface area contributed by atoms with Crippen molar-refractivity contribution in [3.05, 3.63) is 29.6 Å². The lowest BCUT2D eigenvalue weighted by Crippen LogP contribution is -2.30. The minimum Gasteiger partial charge on any atom is -0.389 e. The van der Waals surface area contributed by atoms with Gasteiger partial charge in [-0.15, -0.1) is 0 Å². The fourth-order valence-electron chi connectivity index (χ4n) is 2.15. The molecule has 0 bridgehead atoms. The van der Waals surface area contributed by atoms with Crippen molar-refractivity contribution in [2.45, 2.75) is 46.3 Å². The van der Waals surface area contributed by atoms with Crippen LogP contribution in [0.2, 0.25) is 0 Å². The maximum absolute atomic E-state index is 14.0. The summed E-state index contributed by atoms with van der Waals surface area (Å²) < 4.78 is 14.0. The Morgan fingerprint density at radius 3 is 2.28 bits per heavy atom. The van der Waals surface area contributed by atoms with E-state index < -0.39 is 6.10 Å². The zero-order chi connectivity index (χ0) is 13.9. The van der Waals surface area contributed by atoms with Gasteiger partial charge in [-0.3, -0.25) is 0 Å². The Morgan fingerprint density at radius 1 is 1.22 bits per heavy atom. The average Bonchev–Trinajstić information content (AvgIpc) is 2.26. The number of aliphatic hydroxyl groups is 1. The summed E-state index contributed by atoms with van der Waals surface area (Å²) >= 11 is 0. The highest BCUT2D eigenvalue weighted by Crippen LogP contribution is 2.25. The van der Waals surface area contributed by atoms with Gasteiger partial charge in [0.1, 0.15) is 5.82 Å². The number of nitrogens with zero attached hydrogens (tertiary/aromatic N) is 1. The van der Waals surface area contributed by atoms with Gasteiger partial charge in [0.05, 0.1) is 11.8 Å². The number of hydrogen-bond acceptors (Lipinski definition) is 2. The largest absolute Gasteiger partial charge is 0.389 e. The first-order valence-electron chi connectivity index (χ1n) is 6.53.